The number of hydrogen-bond acceptors (Lipinski definition) is 4. The first-order chi connectivity index (χ1) is 9.60. The molecule has 1 amide bonds. The van der Waals surface area contributed by atoms with Gasteiger partial charge in [-0.25, -0.2) is 4.98 Å². The van der Waals surface area contributed by atoms with Gasteiger partial charge in [0.2, 0.25) is 5.91 Å². The van der Waals surface area contributed by atoms with E-state index < -0.39 is 6.04 Å². The Morgan fingerprint density at radius 1 is 1.50 bits per heavy atom. The maximum Gasteiger partial charge on any atom is 0.241 e. The maximum absolute atomic E-state index is 11.9. The molecule has 1 atom stereocenters. The predicted molar refractivity (Wildman–Crippen MR) is 83.8 cm³/mol. The molecule has 0 radical (unpaired) electrons. The molecule has 0 unspecified atom stereocenters. The first kappa shape index (κ1) is 14.7. The van der Waals surface area contributed by atoms with Gasteiger partial charge < -0.3 is 11.1 Å². The van der Waals surface area contributed by atoms with Crippen molar-refractivity contribution in [2.24, 2.45) is 5.73 Å². The van der Waals surface area contributed by atoms with Crippen molar-refractivity contribution in [2.75, 3.05) is 5.32 Å². The first-order valence-corrected chi connectivity index (χ1v) is 7.57. The standard InChI is InChI=1S/C15H19N3OS/c1-3-5-13(16)15(19)18-12-7-4-6-11(8-12)14-9-20-10(2)17-14/h4,6-9,13H,3,5,16H2,1-2H3,(H,18,19)/t13-/m1/s1. The molecule has 0 aliphatic heterocycles. The van der Waals surface area contributed by atoms with Crippen LogP contribution < -0.4 is 11.1 Å². The minimum atomic E-state index is -0.454. The normalized spacial score (nSPS) is 12.2. The number of amides is 1. The number of rotatable bonds is 5. The summed E-state index contributed by atoms with van der Waals surface area (Å²) in [6, 6.07) is 7.22. The van der Waals surface area contributed by atoms with E-state index in [1.165, 1.54) is 0 Å². The van der Waals surface area contributed by atoms with Gasteiger partial charge in [0.15, 0.2) is 0 Å². The van der Waals surface area contributed by atoms with Crippen molar-refractivity contribution in [3.63, 3.8) is 0 Å². The van der Waals surface area contributed by atoms with Crippen LogP contribution in [0.3, 0.4) is 0 Å². The lowest BCUT2D eigenvalue weighted by Crippen LogP contribution is -2.35. The summed E-state index contributed by atoms with van der Waals surface area (Å²) >= 11 is 1.61. The molecule has 2 aromatic rings. The lowest BCUT2D eigenvalue weighted by molar-refractivity contribution is -0.117. The Balaban J connectivity index is 2.12. The number of benzene rings is 1. The van der Waals surface area contributed by atoms with Crippen molar-refractivity contribution in [2.45, 2.75) is 32.7 Å². The van der Waals surface area contributed by atoms with E-state index in [4.69, 9.17) is 5.73 Å². The Bertz CT molecular complexity index is 594. The van der Waals surface area contributed by atoms with Gasteiger partial charge in [0, 0.05) is 16.6 Å². The van der Waals surface area contributed by atoms with Crippen molar-refractivity contribution < 1.29 is 4.79 Å². The molecule has 1 heterocycles. The van der Waals surface area contributed by atoms with Crippen LogP contribution in [-0.2, 0) is 4.79 Å². The van der Waals surface area contributed by atoms with Gasteiger partial charge in [0.25, 0.3) is 0 Å². The zero-order chi connectivity index (χ0) is 14.5. The van der Waals surface area contributed by atoms with E-state index in [1.54, 1.807) is 11.3 Å². The third-order valence-electron chi connectivity index (χ3n) is 2.98. The second kappa shape index (κ2) is 6.63. The molecule has 0 saturated carbocycles. The minimum Gasteiger partial charge on any atom is -0.325 e. The van der Waals surface area contributed by atoms with E-state index in [1.807, 2.05) is 43.5 Å². The van der Waals surface area contributed by atoms with Gasteiger partial charge >= 0.3 is 0 Å². The summed E-state index contributed by atoms with van der Waals surface area (Å²) in [5.41, 5.74) is 8.49. The number of hydrogen-bond donors (Lipinski definition) is 2. The van der Waals surface area contributed by atoms with Gasteiger partial charge in [-0.1, -0.05) is 25.5 Å². The summed E-state index contributed by atoms with van der Waals surface area (Å²) in [6.07, 6.45) is 1.59. The van der Waals surface area contributed by atoms with Crippen molar-refractivity contribution in [1.82, 2.24) is 4.98 Å². The van der Waals surface area contributed by atoms with E-state index in [0.29, 0.717) is 6.42 Å². The number of nitrogens with one attached hydrogen (secondary N) is 1. The monoisotopic (exact) mass is 289 g/mol. The molecule has 0 saturated heterocycles. The molecule has 4 nitrogen and oxygen atoms in total. The first-order valence-electron chi connectivity index (χ1n) is 6.69. The maximum atomic E-state index is 11.9. The number of carbonyl (C=O) groups is 1. The zero-order valence-electron chi connectivity index (χ0n) is 11.7. The molecule has 106 valence electrons. The highest BCUT2D eigenvalue weighted by molar-refractivity contribution is 7.09. The van der Waals surface area contributed by atoms with E-state index in [0.717, 1.165) is 28.4 Å². The summed E-state index contributed by atoms with van der Waals surface area (Å²) in [6.45, 7) is 3.99. The topological polar surface area (TPSA) is 68.0 Å². The van der Waals surface area contributed by atoms with Crippen LogP contribution in [0.4, 0.5) is 5.69 Å². The molecule has 0 fully saturated rings. The van der Waals surface area contributed by atoms with Crippen molar-refractivity contribution in [3.05, 3.63) is 34.7 Å². The Morgan fingerprint density at radius 3 is 2.95 bits per heavy atom. The van der Waals surface area contributed by atoms with Crippen LogP contribution in [0.25, 0.3) is 11.3 Å². The molecule has 3 N–H and O–H groups in total. The highest BCUT2D eigenvalue weighted by Gasteiger charge is 2.12. The summed E-state index contributed by atoms with van der Waals surface area (Å²) in [7, 11) is 0. The Kier molecular flexibility index (Phi) is 4.87. The molecule has 1 aromatic heterocycles. The molecule has 1 aromatic carbocycles. The van der Waals surface area contributed by atoms with Crippen LogP contribution in [-0.4, -0.2) is 16.9 Å². The van der Waals surface area contributed by atoms with Crippen molar-refractivity contribution in [3.8, 4) is 11.3 Å². The number of nitrogens with two attached hydrogens (primary N) is 1. The lowest BCUT2D eigenvalue weighted by atomic mass is 10.1. The number of thiazole rings is 1. The van der Waals surface area contributed by atoms with Crippen LogP contribution in [0.1, 0.15) is 24.8 Å². The Morgan fingerprint density at radius 2 is 2.30 bits per heavy atom. The fraction of sp³-hybridized carbons (Fsp3) is 0.333. The van der Waals surface area contributed by atoms with E-state index in [2.05, 4.69) is 10.3 Å². The van der Waals surface area contributed by atoms with Crippen molar-refractivity contribution >= 4 is 22.9 Å². The van der Waals surface area contributed by atoms with E-state index >= 15 is 0 Å². The molecular weight excluding hydrogens is 270 g/mol. The van der Waals surface area contributed by atoms with E-state index in [9.17, 15) is 4.79 Å². The average Bonchev–Trinajstić information content (AvgIpc) is 2.86. The molecule has 5 heteroatoms. The van der Waals surface area contributed by atoms with Gasteiger partial charge in [0.1, 0.15) is 0 Å². The second-order valence-electron chi connectivity index (χ2n) is 4.72. The van der Waals surface area contributed by atoms with Gasteiger partial charge in [-0.05, 0) is 25.5 Å². The third kappa shape index (κ3) is 3.65. The summed E-state index contributed by atoms with van der Waals surface area (Å²) in [4.78, 5) is 16.4. The number of aromatic nitrogens is 1. The molecule has 0 bridgehead atoms. The predicted octanol–water partition coefficient (Wildman–Crippen LogP) is 3.18. The highest BCUT2D eigenvalue weighted by atomic mass is 32.1. The number of nitrogens with zero attached hydrogens (tertiary/aromatic N) is 1. The smallest absolute Gasteiger partial charge is 0.241 e. The average molecular weight is 289 g/mol. The second-order valence-corrected chi connectivity index (χ2v) is 5.78. The molecule has 0 spiro atoms. The van der Waals surface area contributed by atoms with Gasteiger partial charge in [-0.3, -0.25) is 4.79 Å². The number of aryl methyl sites for hydroxylation is 1. The van der Waals surface area contributed by atoms with E-state index in [-0.39, 0.29) is 5.91 Å². The Labute approximate surface area is 123 Å². The number of anilines is 1. The molecule has 0 aliphatic carbocycles. The van der Waals surface area contributed by atoms with Gasteiger partial charge in [0.05, 0.1) is 16.7 Å². The van der Waals surface area contributed by atoms with Crippen LogP contribution in [0.15, 0.2) is 29.6 Å². The largest absolute Gasteiger partial charge is 0.325 e. The number of carbonyl (C=O) groups excluding carboxylic acids is 1. The summed E-state index contributed by atoms with van der Waals surface area (Å²) < 4.78 is 0. The van der Waals surface area contributed by atoms with Crippen LogP contribution in [0.2, 0.25) is 0 Å². The zero-order valence-corrected chi connectivity index (χ0v) is 12.5. The van der Waals surface area contributed by atoms with Gasteiger partial charge in [-0.15, -0.1) is 11.3 Å². The third-order valence-corrected chi connectivity index (χ3v) is 3.75. The fourth-order valence-corrected chi connectivity index (χ4v) is 2.55. The SMILES string of the molecule is CCC[C@@H](N)C(=O)Nc1cccc(-c2csc(C)n2)c1. The van der Waals surface area contributed by atoms with Gasteiger partial charge in [-0.2, -0.15) is 0 Å². The van der Waals surface area contributed by atoms with Crippen LogP contribution >= 0.6 is 11.3 Å². The Hall–Kier alpha value is -1.72. The summed E-state index contributed by atoms with van der Waals surface area (Å²) in [5.74, 6) is -0.140. The molecule has 20 heavy (non-hydrogen) atoms. The summed E-state index contributed by atoms with van der Waals surface area (Å²) in [5, 5.41) is 5.90. The molecule has 0 aliphatic rings. The molecular formula is C15H19N3OS. The van der Waals surface area contributed by atoms with Crippen LogP contribution in [0.5, 0.6) is 0 Å². The fourth-order valence-electron chi connectivity index (χ4n) is 1.93. The quantitative estimate of drug-likeness (QED) is 0.888. The van der Waals surface area contributed by atoms with Crippen LogP contribution in [0, 0.1) is 6.92 Å². The van der Waals surface area contributed by atoms with Crippen molar-refractivity contribution in [1.29, 1.82) is 0 Å². The minimum absolute atomic E-state index is 0.140. The molecule has 2 rings (SSSR count). The highest BCUT2D eigenvalue weighted by Crippen LogP contribution is 2.24. The lowest BCUT2D eigenvalue weighted by Gasteiger charge is -2.11.